The van der Waals surface area contributed by atoms with Crippen molar-refractivity contribution in [1.82, 2.24) is 63.8 Å². The Morgan fingerprint density at radius 1 is 0.430 bits per heavy atom. The summed E-state index contributed by atoms with van der Waals surface area (Å²) in [6, 6.07) is -1.93. The van der Waals surface area contributed by atoms with Crippen LogP contribution in [0.15, 0.2) is 59.6 Å². The third-order valence-corrected chi connectivity index (χ3v) is 16.9. The quantitative estimate of drug-likeness (QED) is 0.0167. The highest BCUT2D eigenvalue weighted by Gasteiger charge is 2.38. The van der Waals surface area contributed by atoms with Crippen LogP contribution in [-0.2, 0) is 89.6 Å². The molecule has 38 heteroatoms. The fourth-order valence-electron chi connectivity index (χ4n) is 10.7. The van der Waals surface area contributed by atoms with Gasteiger partial charge in [-0.05, 0) is 112 Å². The average Bonchev–Trinajstić information content (AvgIpc) is 0.852. The zero-order valence-corrected chi connectivity index (χ0v) is 61.6. The first-order valence-electron chi connectivity index (χ1n) is 35.3. The molecule has 0 aromatic heterocycles. The number of hydrogen-bond donors (Lipinski definition) is 21. The second kappa shape index (κ2) is 48.1. The van der Waals surface area contributed by atoms with Gasteiger partial charge in [-0.2, -0.15) is 0 Å². The molecule has 0 aliphatic heterocycles. The van der Waals surface area contributed by atoms with E-state index in [4.69, 9.17) is 40.1 Å². The topological polar surface area (TPSA) is 652 Å². The summed E-state index contributed by atoms with van der Waals surface area (Å²) < 4.78 is 0. The molecule has 2 rings (SSSR count). The van der Waals surface area contributed by atoms with Crippen molar-refractivity contribution in [1.29, 1.82) is 0 Å². The Balaban J connectivity index is 2.39. The third-order valence-electron chi connectivity index (χ3n) is 16.9. The number of guanidine groups is 1. The van der Waals surface area contributed by atoms with Crippen molar-refractivity contribution < 1.29 is 86.9 Å². The number of nitrogens with one attached hydrogen (secondary N) is 12. The van der Waals surface area contributed by atoms with Gasteiger partial charge in [-0.15, -0.1) is 0 Å². The van der Waals surface area contributed by atoms with E-state index in [2.05, 4.69) is 68.8 Å². The van der Waals surface area contributed by atoms with Crippen LogP contribution >= 0.6 is 0 Å². The van der Waals surface area contributed by atoms with Crippen LogP contribution in [0.3, 0.4) is 0 Å². The van der Waals surface area contributed by atoms with Crippen LogP contribution in [0.25, 0.3) is 0 Å². The molecule has 0 aliphatic rings. The first-order chi connectivity index (χ1) is 50.4. The van der Waals surface area contributed by atoms with Gasteiger partial charge in [0, 0.05) is 39.2 Å². The van der Waals surface area contributed by atoms with Crippen LogP contribution in [0.5, 0.6) is 5.75 Å². The van der Waals surface area contributed by atoms with Gasteiger partial charge in [0.05, 0.1) is 13.0 Å². The van der Waals surface area contributed by atoms with E-state index in [0.29, 0.717) is 17.5 Å². The van der Waals surface area contributed by atoms with Crippen molar-refractivity contribution >= 4 is 101 Å². The number of aromatic hydroxyl groups is 1. The Labute approximate surface area is 620 Å². The summed E-state index contributed by atoms with van der Waals surface area (Å²) >= 11 is 0. The number of hydrogen-bond acceptors (Lipinski definition) is 20. The second-order valence-electron chi connectivity index (χ2n) is 26.5. The van der Waals surface area contributed by atoms with Crippen molar-refractivity contribution in [2.45, 2.75) is 211 Å². The molecule has 0 fully saturated rings. The minimum absolute atomic E-state index is 0.0420. The van der Waals surface area contributed by atoms with E-state index in [1.807, 2.05) is 0 Å². The lowest BCUT2D eigenvalue weighted by Gasteiger charge is -2.29. The van der Waals surface area contributed by atoms with Gasteiger partial charge in [0.1, 0.15) is 72.2 Å². The monoisotopic (exact) mass is 1510 g/mol. The highest BCUT2D eigenvalue weighted by molar-refractivity contribution is 6.00. The number of carboxylic acid groups (broad SMARTS) is 1. The maximum atomic E-state index is 14.3. The van der Waals surface area contributed by atoms with Crippen molar-refractivity contribution in [3.63, 3.8) is 0 Å². The number of carbonyl (C=O) groups is 16. The van der Waals surface area contributed by atoms with Gasteiger partial charge in [0.25, 0.3) is 0 Å². The summed E-state index contributed by atoms with van der Waals surface area (Å²) in [5.41, 5.74) is 39.8. The van der Waals surface area contributed by atoms with E-state index in [9.17, 15) is 86.9 Å². The molecule has 0 saturated carbocycles. The maximum absolute atomic E-state index is 14.3. The maximum Gasteiger partial charge on any atom is 0.303 e. The van der Waals surface area contributed by atoms with Crippen molar-refractivity contribution in [3.8, 4) is 5.75 Å². The van der Waals surface area contributed by atoms with Gasteiger partial charge in [-0.3, -0.25) is 81.7 Å². The molecule has 0 heterocycles. The number of amides is 15. The Kier molecular flexibility index (Phi) is 41.4. The lowest BCUT2D eigenvalue weighted by molar-refractivity contribution is -0.139. The predicted molar refractivity (Wildman–Crippen MR) is 390 cm³/mol. The predicted octanol–water partition coefficient (Wildman–Crippen LogP) is -5.58. The van der Waals surface area contributed by atoms with Crippen LogP contribution < -0.4 is 104 Å². The van der Waals surface area contributed by atoms with Crippen LogP contribution in [0.2, 0.25) is 0 Å². The largest absolute Gasteiger partial charge is 0.508 e. The van der Waals surface area contributed by atoms with Gasteiger partial charge < -0.3 is 114 Å². The number of primary amides is 3. The highest BCUT2D eigenvalue weighted by atomic mass is 16.4. The lowest BCUT2D eigenvalue weighted by Crippen LogP contribution is -2.61. The molecule has 38 nitrogen and oxygen atoms in total. The molecule has 2 aromatic rings. The molecule has 0 spiro atoms. The average molecular weight is 1510 g/mol. The molecule has 0 unspecified atom stereocenters. The number of nitrogens with zero attached hydrogens (tertiary/aromatic N) is 1. The molecule has 15 amide bonds. The summed E-state index contributed by atoms with van der Waals surface area (Å²) in [5, 5.41) is 49.9. The summed E-state index contributed by atoms with van der Waals surface area (Å²) in [6.45, 7) is 10.1. The standard InChI is InChI=1S/C69H110N20O18/c1-8-38(6)57(68(107)85-48(33-41-21-23-42(91)24-22-41)64(103)81-43(58(74)97)25-27-51(72)92)89-63(102)47(26-28-54(95)96)82-61(100)45(18-12-13-29-70)80-53(94)35-78-59(98)50(34-52(73)93)86-67(106)56(37(4)5)87-62(101)46(19-14-30-71)83-66(105)55(36(2)3)88-65(104)49(32-40-16-10-9-11-17-40)84-60(99)44(79-39(7)90)20-15-31-77-69(75)76/h9-11,16-17,21-24,36-38,43-50,55-57,91H,8,12-15,18-20,25-35,70-71H2,1-7H3,(H2,72,92)(H2,73,93)(H2,74,97)(H,78,98)(H,79,90)(H,80,94)(H,81,103)(H,82,100)(H,83,105)(H,84,99)(H,85,107)(H,86,106)(H,87,101)(H,88,104)(H,89,102)(H,95,96)(H4,75,76,77)/t38-,43-,44-,45-,46-,47-,48-,49-,50-,55-,56-,57-/m0/s1. The number of phenolic OH excluding ortho intramolecular Hbond substituents is 1. The third kappa shape index (κ3) is 35.5. The Hall–Kier alpha value is -11.1. The molecule has 594 valence electrons. The van der Waals surface area contributed by atoms with Crippen LogP contribution in [0.4, 0.5) is 0 Å². The number of aliphatic carboxylic acids is 1. The number of benzene rings is 2. The highest BCUT2D eigenvalue weighted by Crippen LogP contribution is 2.17. The van der Waals surface area contributed by atoms with Crippen molar-refractivity contribution in [2.75, 3.05) is 26.2 Å². The Morgan fingerprint density at radius 2 is 0.850 bits per heavy atom. The van der Waals surface area contributed by atoms with Gasteiger partial charge in [0.15, 0.2) is 5.96 Å². The summed E-state index contributed by atoms with van der Waals surface area (Å²) in [5.74, 6) is -17.7. The van der Waals surface area contributed by atoms with E-state index >= 15 is 0 Å². The Bertz CT molecular complexity index is 3380. The number of nitrogens with two attached hydrogens (primary N) is 7. The van der Waals surface area contributed by atoms with E-state index in [1.54, 1.807) is 58.0 Å². The molecule has 107 heavy (non-hydrogen) atoms. The SMILES string of the molecule is CC[C@H](C)[C@H](NC(=O)[C@H](CCC(=O)O)NC(=O)[C@H](CCCCN)NC(=O)CNC(=O)[C@H](CC(N)=O)NC(=O)[C@@H](NC(=O)[C@H](CCCN)NC(=O)[C@@H](NC(=O)[C@H](Cc1ccccc1)NC(=O)[C@H](CCCN=C(N)N)NC(C)=O)C(C)C)C(C)C)C(=O)N[C@@H](Cc1ccc(O)cc1)C(=O)N[C@@H](CCC(N)=O)C(N)=O. The van der Waals surface area contributed by atoms with Crippen molar-refractivity contribution in [3.05, 3.63) is 65.7 Å². The number of carbonyl (C=O) groups excluding carboxylic acids is 15. The Morgan fingerprint density at radius 3 is 1.35 bits per heavy atom. The number of carboxylic acids is 1. The molecular weight excluding hydrogens is 1400 g/mol. The smallest absolute Gasteiger partial charge is 0.303 e. The summed E-state index contributed by atoms with van der Waals surface area (Å²) in [4.78, 5) is 219. The zero-order chi connectivity index (χ0) is 80.6. The van der Waals surface area contributed by atoms with Crippen LogP contribution in [0.1, 0.15) is 143 Å². The molecule has 0 radical (unpaired) electrons. The molecule has 0 bridgehead atoms. The van der Waals surface area contributed by atoms with E-state index in [-0.39, 0.29) is 102 Å². The summed E-state index contributed by atoms with van der Waals surface area (Å²) in [7, 11) is 0. The van der Waals surface area contributed by atoms with Gasteiger partial charge in [-0.25, -0.2) is 0 Å². The van der Waals surface area contributed by atoms with E-state index in [1.165, 1.54) is 45.0 Å². The van der Waals surface area contributed by atoms with E-state index in [0.717, 1.165) is 0 Å². The van der Waals surface area contributed by atoms with Gasteiger partial charge >= 0.3 is 5.97 Å². The molecule has 12 atom stereocenters. The van der Waals surface area contributed by atoms with Crippen molar-refractivity contribution in [2.24, 2.45) is 62.9 Å². The second-order valence-corrected chi connectivity index (χ2v) is 26.5. The number of rotatable bonds is 51. The lowest BCUT2D eigenvalue weighted by atomic mass is 9.96. The fraction of sp³-hybridized carbons (Fsp3) is 0.580. The molecular formula is C69H110N20O18. The minimum Gasteiger partial charge on any atom is -0.508 e. The number of unbranched alkanes of at least 4 members (excludes halogenated alkanes) is 1. The van der Waals surface area contributed by atoms with Crippen LogP contribution in [0, 0.1) is 17.8 Å². The minimum atomic E-state index is -1.80. The molecule has 2 aromatic carbocycles. The first kappa shape index (κ1) is 92.0. The summed E-state index contributed by atoms with van der Waals surface area (Å²) in [6.07, 6.45) is -2.03. The van der Waals surface area contributed by atoms with Crippen LogP contribution in [-0.4, -0.2) is 203 Å². The fourth-order valence-corrected chi connectivity index (χ4v) is 10.7. The molecule has 0 saturated heterocycles. The van der Waals surface area contributed by atoms with Gasteiger partial charge in [-0.1, -0.05) is 90.4 Å². The number of aliphatic imine (C=N–C) groups is 1. The number of phenols is 1. The molecule has 28 N–H and O–H groups in total. The van der Waals surface area contributed by atoms with E-state index < -0.39 is 205 Å². The first-order valence-corrected chi connectivity index (χ1v) is 35.3. The normalized spacial score (nSPS) is 14.4. The zero-order valence-electron chi connectivity index (χ0n) is 61.6. The molecule has 0 aliphatic carbocycles. The van der Waals surface area contributed by atoms with Gasteiger partial charge in [0.2, 0.25) is 88.6 Å².